The maximum Gasteiger partial charge on any atom is 0.472 e. The summed E-state index contributed by atoms with van der Waals surface area (Å²) in [6, 6.07) is 0. The fourth-order valence-electron chi connectivity index (χ4n) is 11.7. The topological polar surface area (TPSA) is 237 Å². The lowest BCUT2D eigenvalue weighted by Crippen LogP contribution is -2.30. The van der Waals surface area contributed by atoms with Crippen molar-refractivity contribution < 1.29 is 80.2 Å². The molecule has 0 radical (unpaired) electrons. The van der Waals surface area contributed by atoms with Crippen LogP contribution in [0.5, 0.6) is 0 Å². The molecule has 0 heterocycles. The van der Waals surface area contributed by atoms with Gasteiger partial charge in [-0.25, -0.2) is 9.13 Å². The van der Waals surface area contributed by atoms with E-state index in [9.17, 15) is 43.2 Å². The molecule has 0 aliphatic heterocycles. The molecule has 0 spiro atoms. The average molecular weight is 1490 g/mol. The van der Waals surface area contributed by atoms with Crippen LogP contribution in [0.3, 0.4) is 0 Å². The second kappa shape index (κ2) is 73.5. The van der Waals surface area contributed by atoms with Crippen molar-refractivity contribution in [2.45, 2.75) is 407 Å². The Labute approximate surface area is 623 Å². The standard InChI is InChI=1S/C83H154O17P2/c1-7-11-13-15-17-19-21-23-29-35-39-43-47-55-61-67-82(87)99-78(71-93-80(85)65-59-53-46-42-38-34-32-28-26-25-27-31-33-37-41-45-51-57-63-75(5)9-3)73-97-101(89,90)95-69-77(84)70-96-102(91,92)98-74-79(72-94-81(86)66-60-54-50-49-52-58-64-76(6)10-4)100-83(88)68-62-56-48-44-40-36-30-24-22-20-18-16-14-12-8-2/h19-24,29-30,75-79,84H,7-18,25-28,31-74H2,1-6H3,(H,89,90)(H,91,92)/b21-19-,22-20-,29-23-,30-24-/t75?,76?,77-,78-,79-/m1/s1. The molecular formula is C83H154O17P2. The molecule has 4 unspecified atom stereocenters. The Morgan fingerprint density at radius 3 is 0.824 bits per heavy atom. The minimum Gasteiger partial charge on any atom is -0.462 e. The van der Waals surface area contributed by atoms with Gasteiger partial charge in [-0.15, -0.1) is 0 Å². The lowest BCUT2D eigenvalue weighted by molar-refractivity contribution is -0.161. The predicted octanol–water partition coefficient (Wildman–Crippen LogP) is 24.2. The van der Waals surface area contributed by atoms with E-state index in [2.05, 4.69) is 90.2 Å². The van der Waals surface area contributed by atoms with Gasteiger partial charge in [-0.3, -0.25) is 37.3 Å². The maximum absolute atomic E-state index is 13.1. The lowest BCUT2D eigenvalue weighted by atomic mass is 9.99. The molecule has 0 aromatic rings. The number of aliphatic hydroxyl groups excluding tert-OH is 1. The van der Waals surface area contributed by atoms with Gasteiger partial charge in [-0.1, -0.05) is 334 Å². The molecule has 17 nitrogen and oxygen atoms in total. The number of ether oxygens (including phenoxy) is 4. The Kier molecular flexibility index (Phi) is 71.4. The Bertz CT molecular complexity index is 2150. The van der Waals surface area contributed by atoms with Gasteiger partial charge in [0, 0.05) is 25.7 Å². The highest BCUT2D eigenvalue weighted by molar-refractivity contribution is 7.47. The van der Waals surface area contributed by atoms with Gasteiger partial charge < -0.3 is 33.8 Å². The second-order valence-electron chi connectivity index (χ2n) is 29.0. The van der Waals surface area contributed by atoms with Crippen molar-refractivity contribution in [1.29, 1.82) is 0 Å². The van der Waals surface area contributed by atoms with Crippen LogP contribution in [0, 0.1) is 11.8 Å². The van der Waals surface area contributed by atoms with E-state index in [1.54, 1.807) is 0 Å². The zero-order valence-electron chi connectivity index (χ0n) is 65.9. The Hall–Kier alpha value is -2.98. The number of carbonyl (C=O) groups is 4. The highest BCUT2D eigenvalue weighted by Gasteiger charge is 2.30. The molecule has 0 fully saturated rings. The van der Waals surface area contributed by atoms with Crippen LogP contribution in [0.2, 0.25) is 0 Å². The minimum absolute atomic E-state index is 0.0817. The molecule has 0 aromatic carbocycles. The van der Waals surface area contributed by atoms with Crippen molar-refractivity contribution in [3.05, 3.63) is 48.6 Å². The molecule has 0 aliphatic carbocycles. The molecule has 0 bridgehead atoms. The smallest absolute Gasteiger partial charge is 0.462 e. The van der Waals surface area contributed by atoms with E-state index in [0.29, 0.717) is 25.7 Å². The van der Waals surface area contributed by atoms with E-state index in [-0.39, 0.29) is 25.7 Å². The van der Waals surface area contributed by atoms with Crippen LogP contribution in [0.15, 0.2) is 48.6 Å². The van der Waals surface area contributed by atoms with Crippen molar-refractivity contribution >= 4 is 39.5 Å². The minimum atomic E-state index is -4.98. The van der Waals surface area contributed by atoms with E-state index in [4.69, 9.17) is 37.0 Å². The fraction of sp³-hybridized carbons (Fsp3) is 0.855. The van der Waals surface area contributed by atoms with Crippen LogP contribution in [-0.2, 0) is 65.4 Å². The van der Waals surface area contributed by atoms with Crippen LogP contribution in [0.4, 0.5) is 0 Å². The molecular weight excluding hydrogens is 1330 g/mol. The van der Waals surface area contributed by atoms with Crippen LogP contribution in [0.1, 0.15) is 388 Å². The number of hydrogen-bond acceptors (Lipinski definition) is 15. The molecule has 0 rings (SSSR count). The first-order chi connectivity index (χ1) is 49.4. The number of unbranched alkanes of at least 4 members (excludes halogenated alkanes) is 40. The molecule has 102 heavy (non-hydrogen) atoms. The number of esters is 4. The SMILES string of the molecule is CCCCCC/C=C\C=C/CCCCCCCC(=O)O[C@H](COC(=O)CCCCCCCCCCCCCCCCCCCCC(C)CC)COP(=O)(O)OC[C@@H](O)COP(=O)(O)OC[C@@H](COC(=O)CCCCCCCCC(C)CC)OC(=O)CCCCCCC/C=C\C=C/CCCCCC. The average Bonchev–Trinajstić information content (AvgIpc) is 0.917. The van der Waals surface area contributed by atoms with E-state index >= 15 is 0 Å². The van der Waals surface area contributed by atoms with Gasteiger partial charge in [0.1, 0.15) is 19.3 Å². The lowest BCUT2D eigenvalue weighted by Gasteiger charge is -2.21. The molecule has 0 saturated heterocycles. The van der Waals surface area contributed by atoms with Crippen LogP contribution in [0.25, 0.3) is 0 Å². The number of allylic oxidation sites excluding steroid dienone is 8. The predicted molar refractivity (Wildman–Crippen MR) is 418 cm³/mol. The number of phosphoric ester groups is 2. The fourth-order valence-corrected chi connectivity index (χ4v) is 13.3. The highest BCUT2D eigenvalue weighted by atomic mass is 31.2. The van der Waals surface area contributed by atoms with Crippen molar-refractivity contribution in [2.75, 3.05) is 39.6 Å². The normalized spacial score (nSPS) is 14.7. The maximum atomic E-state index is 13.1. The van der Waals surface area contributed by atoms with Gasteiger partial charge in [0.05, 0.1) is 26.4 Å². The van der Waals surface area contributed by atoms with Crippen molar-refractivity contribution in [1.82, 2.24) is 0 Å². The number of phosphoric acid groups is 2. The summed E-state index contributed by atoms with van der Waals surface area (Å²) in [7, 11) is -9.95. The van der Waals surface area contributed by atoms with Gasteiger partial charge in [-0.05, 0) is 88.9 Å². The van der Waals surface area contributed by atoms with E-state index < -0.39 is 97.5 Å². The van der Waals surface area contributed by atoms with E-state index in [0.717, 1.165) is 134 Å². The third kappa shape index (κ3) is 72.6. The van der Waals surface area contributed by atoms with Gasteiger partial charge in [0.2, 0.25) is 0 Å². The third-order valence-electron chi connectivity index (χ3n) is 18.9. The van der Waals surface area contributed by atoms with Crippen molar-refractivity contribution in [3.63, 3.8) is 0 Å². The molecule has 0 saturated carbocycles. The first-order valence-electron chi connectivity index (χ1n) is 41.7. The number of aliphatic hydroxyl groups is 1. The summed E-state index contributed by atoms with van der Waals surface area (Å²) in [4.78, 5) is 73.0. The molecule has 0 aliphatic rings. The second-order valence-corrected chi connectivity index (χ2v) is 31.9. The summed E-state index contributed by atoms with van der Waals surface area (Å²) in [6.07, 6.45) is 69.7. The zero-order chi connectivity index (χ0) is 74.9. The first-order valence-corrected chi connectivity index (χ1v) is 44.7. The van der Waals surface area contributed by atoms with Crippen molar-refractivity contribution in [2.24, 2.45) is 11.8 Å². The molecule has 7 atom stereocenters. The van der Waals surface area contributed by atoms with Crippen LogP contribution >= 0.6 is 15.6 Å². The molecule has 0 amide bonds. The highest BCUT2D eigenvalue weighted by Crippen LogP contribution is 2.45. The Morgan fingerprint density at radius 2 is 0.549 bits per heavy atom. The number of rotatable bonds is 78. The number of hydrogen-bond donors (Lipinski definition) is 3. The summed E-state index contributed by atoms with van der Waals surface area (Å²) in [6.45, 7) is 9.53. The van der Waals surface area contributed by atoms with Crippen LogP contribution < -0.4 is 0 Å². The van der Waals surface area contributed by atoms with Gasteiger partial charge in [0.25, 0.3) is 0 Å². The molecule has 3 N–H and O–H groups in total. The summed E-state index contributed by atoms with van der Waals surface area (Å²) >= 11 is 0. The largest absolute Gasteiger partial charge is 0.472 e. The van der Waals surface area contributed by atoms with Crippen LogP contribution in [-0.4, -0.2) is 96.7 Å². The number of carbonyl (C=O) groups excluding carboxylic acids is 4. The summed E-state index contributed by atoms with van der Waals surface area (Å²) < 4.78 is 68.6. The summed E-state index contributed by atoms with van der Waals surface area (Å²) in [5.74, 6) is -0.574. The van der Waals surface area contributed by atoms with Crippen molar-refractivity contribution in [3.8, 4) is 0 Å². The third-order valence-corrected chi connectivity index (χ3v) is 20.8. The molecule has 0 aromatic heterocycles. The van der Waals surface area contributed by atoms with E-state index in [1.807, 2.05) is 0 Å². The Balaban J connectivity index is 5.26. The first kappa shape index (κ1) is 99.0. The van der Waals surface area contributed by atoms with Gasteiger partial charge in [-0.2, -0.15) is 0 Å². The van der Waals surface area contributed by atoms with Gasteiger partial charge >= 0.3 is 39.5 Å². The Morgan fingerprint density at radius 1 is 0.314 bits per heavy atom. The molecule has 19 heteroatoms. The summed E-state index contributed by atoms with van der Waals surface area (Å²) in [5, 5.41) is 10.6. The zero-order valence-corrected chi connectivity index (χ0v) is 67.7. The van der Waals surface area contributed by atoms with E-state index in [1.165, 1.54) is 173 Å². The van der Waals surface area contributed by atoms with Gasteiger partial charge in [0.15, 0.2) is 12.2 Å². The molecule has 598 valence electrons. The monoisotopic (exact) mass is 1490 g/mol. The quantitative estimate of drug-likeness (QED) is 0.0169. The summed E-state index contributed by atoms with van der Waals surface area (Å²) in [5.41, 5.74) is 0.